The molecule has 1 saturated heterocycles. The molecule has 2 fully saturated rings. The van der Waals surface area contributed by atoms with Crippen LogP contribution >= 0.6 is 0 Å². The van der Waals surface area contributed by atoms with Crippen LogP contribution in [0.5, 0.6) is 0 Å². The Bertz CT molecular complexity index is 132. The normalized spacial score (nSPS) is 30.3. The summed E-state index contributed by atoms with van der Waals surface area (Å²) in [6, 6.07) is 0. The molecule has 1 aliphatic heterocycles. The highest BCUT2D eigenvalue weighted by Gasteiger charge is 2.39. The van der Waals surface area contributed by atoms with Crippen LogP contribution in [0.4, 0.5) is 0 Å². The molecule has 1 heterocycles. The van der Waals surface area contributed by atoms with Crippen LogP contribution in [0.3, 0.4) is 0 Å². The van der Waals surface area contributed by atoms with E-state index in [-0.39, 0.29) is 0 Å². The molecule has 11 heavy (non-hydrogen) atoms. The van der Waals surface area contributed by atoms with Crippen LogP contribution < -0.4 is 5.32 Å². The number of hydrogen-bond donors (Lipinski definition) is 1. The number of hydrogen-bond acceptors (Lipinski definition) is 2. The van der Waals surface area contributed by atoms with Crippen molar-refractivity contribution in [3.63, 3.8) is 0 Å². The Balaban J connectivity index is 1.84. The van der Waals surface area contributed by atoms with Gasteiger partial charge in [0, 0.05) is 20.2 Å². The van der Waals surface area contributed by atoms with Crippen molar-refractivity contribution in [2.24, 2.45) is 5.41 Å². The molecule has 0 bridgehead atoms. The monoisotopic (exact) mass is 155 g/mol. The number of methoxy groups -OCH3 is 1. The fourth-order valence-corrected chi connectivity index (χ4v) is 2.27. The highest BCUT2D eigenvalue weighted by atomic mass is 16.5. The predicted octanol–water partition coefficient (Wildman–Crippen LogP) is 1.17. The quantitative estimate of drug-likeness (QED) is 0.613. The average Bonchev–Trinajstić information content (AvgIpc) is 2.02. The predicted molar refractivity (Wildman–Crippen MR) is 44.6 cm³/mol. The van der Waals surface area contributed by atoms with Gasteiger partial charge in [0.1, 0.15) is 0 Å². The van der Waals surface area contributed by atoms with Crippen molar-refractivity contribution < 1.29 is 4.74 Å². The van der Waals surface area contributed by atoms with Crippen molar-refractivity contribution in [2.45, 2.75) is 31.8 Å². The Labute approximate surface area is 68.3 Å². The minimum atomic E-state index is 0.557. The minimum absolute atomic E-state index is 0.557. The first-order valence-electron chi connectivity index (χ1n) is 4.58. The van der Waals surface area contributed by atoms with Gasteiger partial charge < -0.3 is 10.1 Å². The topological polar surface area (TPSA) is 21.3 Å². The lowest BCUT2D eigenvalue weighted by Gasteiger charge is -2.47. The van der Waals surface area contributed by atoms with Crippen molar-refractivity contribution in [2.75, 3.05) is 20.2 Å². The van der Waals surface area contributed by atoms with E-state index in [1.807, 2.05) is 7.11 Å². The molecule has 0 aromatic heterocycles. The second-order valence-corrected chi connectivity index (χ2v) is 4.04. The molecule has 2 nitrogen and oxygen atoms in total. The summed E-state index contributed by atoms with van der Waals surface area (Å²) in [5.41, 5.74) is 0.690. The van der Waals surface area contributed by atoms with Crippen molar-refractivity contribution in [1.82, 2.24) is 5.32 Å². The molecule has 1 N–H and O–H groups in total. The van der Waals surface area contributed by atoms with E-state index in [9.17, 15) is 0 Å². The average molecular weight is 155 g/mol. The number of nitrogens with one attached hydrogen (secondary N) is 1. The molecule has 0 aromatic carbocycles. The van der Waals surface area contributed by atoms with Gasteiger partial charge in [0.15, 0.2) is 0 Å². The summed E-state index contributed by atoms with van der Waals surface area (Å²) in [4.78, 5) is 0. The van der Waals surface area contributed by atoms with Gasteiger partial charge in [-0.25, -0.2) is 0 Å². The third-order valence-electron chi connectivity index (χ3n) is 3.33. The van der Waals surface area contributed by atoms with Crippen molar-refractivity contribution >= 4 is 0 Å². The van der Waals surface area contributed by atoms with E-state index in [1.165, 1.54) is 38.8 Å². The van der Waals surface area contributed by atoms with Gasteiger partial charge in [-0.2, -0.15) is 0 Å². The standard InChI is InChI=1S/C9H17NO/c1-11-8-2-4-9(5-3-8)6-10-7-9/h8,10H,2-7H2,1H3. The molecule has 0 aromatic rings. The highest BCUT2D eigenvalue weighted by molar-refractivity contribution is 4.95. The Morgan fingerprint density at radius 3 is 2.27 bits per heavy atom. The summed E-state index contributed by atoms with van der Waals surface area (Å²) in [6.45, 7) is 2.51. The van der Waals surface area contributed by atoms with E-state index in [0.717, 1.165) is 0 Å². The van der Waals surface area contributed by atoms with Crippen LogP contribution in [0.2, 0.25) is 0 Å². The fourth-order valence-electron chi connectivity index (χ4n) is 2.27. The van der Waals surface area contributed by atoms with Gasteiger partial charge in [-0.15, -0.1) is 0 Å². The van der Waals surface area contributed by atoms with Gasteiger partial charge in [0.05, 0.1) is 6.10 Å². The van der Waals surface area contributed by atoms with Crippen LogP contribution in [-0.2, 0) is 4.74 Å². The second-order valence-electron chi connectivity index (χ2n) is 4.04. The molecule has 0 atom stereocenters. The Morgan fingerprint density at radius 2 is 1.91 bits per heavy atom. The molecule has 2 heteroatoms. The Hall–Kier alpha value is -0.0800. The first-order valence-corrected chi connectivity index (χ1v) is 4.58. The SMILES string of the molecule is COC1CCC2(CC1)CNC2. The zero-order valence-corrected chi connectivity index (χ0v) is 7.23. The lowest BCUT2D eigenvalue weighted by molar-refractivity contribution is 0.00494. The molecule has 1 spiro atoms. The smallest absolute Gasteiger partial charge is 0.0571 e. The van der Waals surface area contributed by atoms with Crippen LogP contribution in [-0.4, -0.2) is 26.3 Å². The first-order chi connectivity index (χ1) is 5.35. The van der Waals surface area contributed by atoms with Crippen LogP contribution in [0.15, 0.2) is 0 Å². The van der Waals surface area contributed by atoms with Crippen molar-refractivity contribution in [1.29, 1.82) is 0 Å². The lowest BCUT2D eigenvalue weighted by atomic mass is 9.69. The zero-order valence-electron chi connectivity index (χ0n) is 7.23. The largest absolute Gasteiger partial charge is 0.381 e. The van der Waals surface area contributed by atoms with Gasteiger partial charge in [-0.1, -0.05) is 0 Å². The molecule has 1 saturated carbocycles. The molecule has 64 valence electrons. The van der Waals surface area contributed by atoms with Gasteiger partial charge in [-0.3, -0.25) is 0 Å². The molecule has 2 rings (SSSR count). The van der Waals surface area contributed by atoms with Crippen molar-refractivity contribution in [3.05, 3.63) is 0 Å². The number of rotatable bonds is 1. The van der Waals surface area contributed by atoms with Gasteiger partial charge in [0.2, 0.25) is 0 Å². The fraction of sp³-hybridized carbons (Fsp3) is 1.00. The van der Waals surface area contributed by atoms with E-state index in [2.05, 4.69) is 5.32 Å². The van der Waals surface area contributed by atoms with Crippen molar-refractivity contribution in [3.8, 4) is 0 Å². The van der Waals surface area contributed by atoms with Gasteiger partial charge in [0.25, 0.3) is 0 Å². The minimum Gasteiger partial charge on any atom is -0.381 e. The summed E-state index contributed by atoms with van der Waals surface area (Å²) in [5.74, 6) is 0. The summed E-state index contributed by atoms with van der Waals surface area (Å²) in [5, 5.41) is 3.36. The molecule has 1 aliphatic carbocycles. The molecule has 0 radical (unpaired) electrons. The molecular weight excluding hydrogens is 138 g/mol. The Kier molecular flexibility index (Phi) is 1.90. The van der Waals surface area contributed by atoms with E-state index < -0.39 is 0 Å². The maximum atomic E-state index is 5.33. The molecule has 2 aliphatic rings. The molecule has 0 amide bonds. The third kappa shape index (κ3) is 1.30. The van der Waals surface area contributed by atoms with E-state index in [4.69, 9.17) is 4.74 Å². The molecular formula is C9H17NO. The third-order valence-corrected chi connectivity index (χ3v) is 3.33. The van der Waals surface area contributed by atoms with E-state index in [1.54, 1.807) is 0 Å². The van der Waals surface area contributed by atoms with E-state index in [0.29, 0.717) is 11.5 Å². The molecule has 0 unspecified atom stereocenters. The van der Waals surface area contributed by atoms with Gasteiger partial charge in [-0.05, 0) is 31.1 Å². The maximum Gasteiger partial charge on any atom is 0.0571 e. The second kappa shape index (κ2) is 2.76. The lowest BCUT2D eigenvalue weighted by Crippen LogP contribution is -2.55. The zero-order chi connectivity index (χ0) is 7.73. The van der Waals surface area contributed by atoms with Gasteiger partial charge >= 0.3 is 0 Å². The first kappa shape index (κ1) is 7.56. The summed E-state index contributed by atoms with van der Waals surface area (Å²) in [6.07, 6.45) is 5.86. The van der Waals surface area contributed by atoms with Crippen LogP contribution in [0.25, 0.3) is 0 Å². The summed E-state index contributed by atoms with van der Waals surface area (Å²) < 4.78 is 5.33. The van der Waals surface area contributed by atoms with Crippen LogP contribution in [0, 0.1) is 5.41 Å². The maximum absolute atomic E-state index is 5.33. The van der Waals surface area contributed by atoms with E-state index >= 15 is 0 Å². The highest BCUT2D eigenvalue weighted by Crippen LogP contribution is 2.39. The Morgan fingerprint density at radius 1 is 1.27 bits per heavy atom. The summed E-state index contributed by atoms with van der Waals surface area (Å²) in [7, 11) is 1.84. The van der Waals surface area contributed by atoms with Crippen LogP contribution in [0.1, 0.15) is 25.7 Å². The summed E-state index contributed by atoms with van der Waals surface area (Å²) >= 11 is 0. The number of ether oxygens (including phenoxy) is 1.